The van der Waals surface area contributed by atoms with Gasteiger partial charge in [0.25, 0.3) is 0 Å². The molecule has 2 heterocycles. The van der Waals surface area contributed by atoms with Crippen molar-refractivity contribution in [3.63, 3.8) is 0 Å². The van der Waals surface area contributed by atoms with Gasteiger partial charge in [0.2, 0.25) is 0 Å². The minimum atomic E-state index is 0.445. The van der Waals surface area contributed by atoms with Gasteiger partial charge in [0.15, 0.2) is 0 Å². The lowest BCUT2D eigenvalue weighted by Crippen LogP contribution is -1.99. The number of ether oxygens (including phenoxy) is 1. The Morgan fingerprint density at radius 2 is 2.11 bits per heavy atom. The molecule has 0 spiro atoms. The van der Waals surface area contributed by atoms with Crippen LogP contribution in [0.3, 0.4) is 0 Å². The Kier molecular flexibility index (Phi) is 3.39. The Morgan fingerprint density at radius 3 is 2.95 bits per heavy atom. The highest BCUT2D eigenvalue weighted by Crippen LogP contribution is 2.24. The number of pyridine rings is 1. The van der Waals surface area contributed by atoms with E-state index in [0.717, 1.165) is 27.4 Å². The van der Waals surface area contributed by atoms with E-state index in [0.29, 0.717) is 13.2 Å². The summed E-state index contributed by atoms with van der Waals surface area (Å²) in [4.78, 5) is 8.72. The third-order valence-electron chi connectivity index (χ3n) is 2.76. The Balaban J connectivity index is 1.81. The van der Waals surface area contributed by atoms with E-state index < -0.39 is 0 Å². The summed E-state index contributed by atoms with van der Waals surface area (Å²) in [7, 11) is 0. The van der Waals surface area contributed by atoms with Gasteiger partial charge in [-0.15, -0.1) is 11.3 Å². The van der Waals surface area contributed by atoms with Gasteiger partial charge < -0.3 is 10.5 Å². The van der Waals surface area contributed by atoms with E-state index in [9.17, 15) is 0 Å². The lowest BCUT2D eigenvalue weighted by molar-refractivity contribution is 0.308. The highest BCUT2D eigenvalue weighted by Gasteiger charge is 2.05. The van der Waals surface area contributed by atoms with Crippen molar-refractivity contribution < 1.29 is 4.74 Å². The Bertz CT molecular complexity index is 690. The lowest BCUT2D eigenvalue weighted by Gasteiger charge is -2.06. The zero-order valence-electron chi connectivity index (χ0n) is 10.2. The minimum absolute atomic E-state index is 0.445. The highest BCUT2D eigenvalue weighted by atomic mass is 32.1. The van der Waals surface area contributed by atoms with E-state index in [-0.39, 0.29) is 0 Å². The molecule has 96 valence electrons. The number of hydrogen-bond donors (Lipinski definition) is 1. The van der Waals surface area contributed by atoms with Gasteiger partial charge in [0, 0.05) is 23.5 Å². The molecule has 4 nitrogen and oxygen atoms in total. The third kappa shape index (κ3) is 2.57. The van der Waals surface area contributed by atoms with Crippen LogP contribution in [-0.4, -0.2) is 9.97 Å². The maximum absolute atomic E-state index is 5.81. The molecule has 0 unspecified atom stereocenters. The van der Waals surface area contributed by atoms with Crippen molar-refractivity contribution in [2.45, 2.75) is 13.2 Å². The molecule has 0 bridgehead atoms. The van der Waals surface area contributed by atoms with Crippen LogP contribution in [-0.2, 0) is 13.2 Å². The number of para-hydroxylation sites is 1. The van der Waals surface area contributed by atoms with E-state index in [1.807, 2.05) is 35.7 Å². The van der Waals surface area contributed by atoms with Gasteiger partial charge in [-0.2, -0.15) is 0 Å². The van der Waals surface area contributed by atoms with Gasteiger partial charge in [-0.3, -0.25) is 4.98 Å². The van der Waals surface area contributed by atoms with Crippen molar-refractivity contribution in [1.82, 2.24) is 9.97 Å². The zero-order valence-corrected chi connectivity index (χ0v) is 11.1. The molecule has 2 N–H and O–H groups in total. The normalized spacial score (nSPS) is 10.8. The monoisotopic (exact) mass is 271 g/mol. The number of hydrogen-bond acceptors (Lipinski definition) is 5. The predicted molar refractivity (Wildman–Crippen MR) is 76.1 cm³/mol. The molecular formula is C14H13N3OS. The predicted octanol–water partition coefficient (Wildman–Crippen LogP) is 2.73. The first-order valence-electron chi connectivity index (χ1n) is 5.97. The van der Waals surface area contributed by atoms with E-state index in [2.05, 4.69) is 9.97 Å². The fraction of sp³-hybridized carbons (Fsp3) is 0.143. The molecule has 19 heavy (non-hydrogen) atoms. The fourth-order valence-electron chi connectivity index (χ4n) is 1.84. The Hall–Kier alpha value is -1.98. The molecule has 0 radical (unpaired) electrons. The maximum Gasteiger partial charge on any atom is 0.146 e. The van der Waals surface area contributed by atoms with Crippen molar-refractivity contribution in [2.75, 3.05) is 0 Å². The molecule has 0 saturated carbocycles. The number of nitrogens with two attached hydrogens (primary N) is 1. The molecule has 0 aliphatic heterocycles. The van der Waals surface area contributed by atoms with Gasteiger partial charge in [-0.05, 0) is 12.1 Å². The van der Waals surface area contributed by atoms with Crippen LogP contribution in [0.1, 0.15) is 10.7 Å². The largest absolute Gasteiger partial charge is 0.484 e. The number of benzene rings is 1. The maximum atomic E-state index is 5.81. The molecule has 0 amide bonds. The Labute approximate surface area is 114 Å². The van der Waals surface area contributed by atoms with Crippen LogP contribution in [0.25, 0.3) is 10.9 Å². The topological polar surface area (TPSA) is 61.0 Å². The summed E-state index contributed by atoms with van der Waals surface area (Å²) in [5.41, 5.74) is 7.32. The molecule has 3 aromatic rings. The van der Waals surface area contributed by atoms with E-state index in [1.54, 1.807) is 17.5 Å². The summed E-state index contributed by atoms with van der Waals surface area (Å²) in [5, 5.41) is 3.95. The molecule has 1 aromatic carbocycles. The first kappa shape index (κ1) is 12.1. The Morgan fingerprint density at radius 1 is 1.21 bits per heavy atom. The van der Waals surface area contributed by atoms with Gasteiger partial charge in [0.05, 0.1) is 5.69 Å². The van der Waals surface area contributed by atoms with Crippen LogP contribution in [0, 0.1) is 0 Å². The van der Waals surface area contributed by atoms with Gasteiger partial charge in [0.1, 0.15) is 22.9 Å². The van der Waals surface area contributed by atoms with E-state index in [1.165, 1.54) is 0 Å². The molecule has 0 aliphatic carbocycles. The summed E-state index contributed by atoms with van der Waals surface area (Å²) in [6.07, 6.45) is 1.77. The highest BCUT2D eigenvalue weighted by molar-refractivity contribution is 7.09. The number of nitrogens with zero attached hydrogens (tertiary/aromatic N) is 2. The van der Waals surface area contributed by atoms with Crippen LogP contribution in [0.5, 0.6) is 5.75 Å². The number of fused-ring (bicyclic) bond motifs is 1. The first-order valence-corrected chi connectivity index (χ1v) is 6.84. The molecule has 5 heteroatoms. The molecule has 0 saturated heterocycles. The number of rotatable bonds is 4. The quantitative estimate of drug-likeness (QED) is 0.792. The molecule has 0 aliphatic rings. The van der Waals surface area contributed by atoms with Crippen LogP contribution in [0.4, 0.5) is 0 Å². The fourth-order valence-corrected chi connectivity index (χ4v) is 2.56. The van der Waals surface area contributed by atoms with Gasteiger partial charge >= 0.3 is 0 Å². The van der Waals surface area contributed by atoms with Crippen molar-refractivity contribution in [2.24, 2.45) is 5.73 Å². The lowest BCUT2D eigenvalue weighted by atomic mass is 10.2. The minimum Gasteiger partial charge on any atom is -0.484 e. The van der Waals surface area contributed by atoms with E-state index in [4.69, 9.17) is 10.5 Å². The summed E-state index contributed by atoms with van der Waals surface area (Å²) in [6, 6.07) is 9.84. The van der Waals surface area contributed by atoms with Crippen molar-refractivity contribution in [3.05, 3.63) is 52.6 Å². The summed E-state index contributed by atoms with van der Waals surface area (Å²) in [5.74, 6) is 0.780. The van der Waals surface area contributed by atoms with Crippen LogP contribution in [0.15, 0.2) is 41.9 Å². The average Bonchev–Trinajstić information content (AvgIpc) is 2.93. The third-order valence-corrected chi connectivity index (χ3v) is 3.63. The summed E-state index contributed by atoms with van der Waals surface area (Å²) in [6.45, 7) is 0.909. The smallest absolute Gasteiger partial charge is 0.146 e. The second kappa shape index (κ2) is 5.34. The van der Waals surface area contributed by atoms with Gasteiger partial charge in [-0.25, -0.2) is 4.98 Å². The second-order valence-corrected chi connectivity index (χ2v) is 5.00. The molecule has 0 fully saturated rings. The number of thiazole rings is 1. The SMILES string of the molecule is NCc1csc(COc2cccc3cccnc23)n1. The molecule has 3 rings (SSSR count). The average molecular weight is 271 g/mol. The van der Waals surface area contributed by atoms with Crippen LogP contribution >= 0.6 is 11.3 Å². The summed E-state index contributed by atoms with van der Waals surface area (Å²) >= 11 is 1.56. The van der Waals surface area contributed by atoms with Crippen molar-refractivity contribution in [1.29, 1.82) is 0 Å². The van der Waals surface area contributed by atoms with Crippen molar-refractivity contribution in [3.8, 4) is 5.75 Å². The van der Waals surface area contributed by atoms with Crippen molar-refractivity contribution >= 4 is 22.2 Å². The van der Waals surface area contributed by atoms with Gasteiger partial charge in [-0.1, -0.05) is 18.2 Å². The molecule has 0 atom stereocenters. The zero-order chi connectivity index (χ0) is 13.1. The number of aromatic nitrogens is 2. The first-order chi connectivity index (χ1) is 9.36. The van der Waals surface area contributed by atoms with Crippen LogP contribution in [0.2, 0.25) is 0 Å². The summed E-state index contributed by atoms with van der Waals surface area (Å²) < 4.78 is 5.81. The standard InChI is InChI=1S/C14H13N3OS/c15-7-11-9-19-13(17-11)8-18-12-5-1-3-10-4-2-6-16-14(10)12/h1-6,9H,7-8,15H2. The van der Waals surface area contributed by atoms with E-state index >= 15 is 0 Å². The molecular weight excluding hydrogens is 258 g/mol. The van der Waals surface area contributed by atoms with Crippen LogP contribution < -0.4 is 10.5 Å². The molecule has 2 aromatic heterocycles. The second-order valence-electron chi connectivity index (χ2n) is 4.06.